The normalized spacial score (nSPS) is 21.2. The minimum absolute atomic E-state index is 0.100. The Bertz CT molecular complexity index is 924. The molecule has 1 saturated carbocycles. The van der Waals surface area contributed by atoms with Gasteiger partial charge >= 0.3 is 0 Å². The van der Waals surface area contributed by atoms with Crippen LogP contribution in [0.25, 0.3) is 11.0 Å². The number of furan rings is 1. The Balaban J connectivity index is 1.98. The smallest absolute Gasteiger partial charge is 0.256 e. The molecule has 8 heteroatoms. The summed E-state index contributed by atoms with van der Waals surface area (Å²) in [6.45, 7) is 2.26. The number of carbonyl (C=O) groups is 2. The summed E-state index contributed by atoms with van der Waals surface area (Å²) in [7, 11) is 0. The third kappa shape index (κ3) is 3.73. The SMILES string of the molecule is Cc1oc2ccc(C3CCCC(F)(F)C3)cc2c1C(=O)NC(C)(CO)C(N)=O. The summed E-state index contributed by atoms with van der Waals surface area (Å²) < 4.78 is 33.3. The van der Waals surface area contributed by atoms with Crippen molar-refractivity contribution in [2.75, 3.05) is 6.61 Å². The molecule has 0 spiro atoms. The number of primary amides is 1. The first-order chi connectivity index (χ1) is 13.1. The molecule has 1 aliphatic rings. The fourth-order valence-electron chi connectivity index (χ4n) is 3.72. The molecule has 1 aliphatic carbocycles. The van der Waals surface area contributed by atoms with Crippen molar-refractivity contribution in [2.24, 2.45) is 5.73 Å². The van der Waals surface area contributed by atoms with Crippen LogP contribution < -0.4 is 11.1 Å². The van der Waals surface area contributed by atoms with Crippen LogP contribution in [0.4, 0.5) is 8.78 Å². The molecule has 3 rings (SSSR count). The van der Waals surface area contributed by atoms with E-state index in [4.69, 9.17) is 10.2 Å². The zero-order chi connectivity index (χ0) is 20.7. The Morgan fingerprint density at radius 2 is 2.14 bits per heavy atom. The number of nitrogens with one attached hydrogen (secondary N) is 1. The van der Waals surface area contributed by atoms with Gasteiger partial charge in [0, 0.05) is 18.2 Å². The van der Waals surface area contributed by atoms with Gasteiger partial charge in [0.25, 0.3) is 5.91 Å². The predicted molar refractivity (Wildman–Crippen MR) is 99.3 cm³/mol. The van der Waals surface area contributed by atoms with Crippen LogP contribution in [0, 0.1) is 6.92 Å². The fourth-order valence-corrected chi connectivity index (χ4v) is 3.72. The Kier molecular flexibility index (Phi) is 5.18. The first kappa shape index (κ1) is 20.3. The average Bonchev–Trinajstić information content (AvgIpc) is 2.95. The van der Waals surface area contributed by atoms with E-state index >= 15 is 0 Å². The molecule has 2 unspecified atom stereocenters. The van der Waals surface area contributed by atoms with Gasteiger partial charge in [0.2, 0.25) is 11.8 Å². The molecule has 0 aliphatic heterocycles. The van der Waals surface area contributed by atoms with Crippen molar-refractivity contribution in [3.63, 3.8) is 0 Å². The Hall–Kier alpha value is -2.48. The summed E-state index contributed by atoms with van der Waals surface area (Å²) in [5, 5.41) is 12.4. The van der Waals surface area contributed by atoms with Crippen LogP contribution >= 0.6 is 0 Å². The second kappa shape index (κ2) is 7.16. The van der Waals surface area contributed by atoms with E-state index < -0.39 is 29.9 Å². The number of fused-ring (bicyclic) bond motifs is 1. The largest absolute Gasteiger partial charge is 0.461 e. The first-order valence-corrected chi connectivity index (χ1v) is 9.20. The predicted octanol–water partition coefficient (Wildman–Crippen LogP) is 3.00. The molecule has 1 aromatic heterocycles. The van der Waals surface area contributed by atoms with E-state index in [1.165, 1.54) is 6.92 Å². The molecule has 28 heavy (non-hydrogen) atoms. The highest BCUT2D eigenvalue weighted by Gasteiger charge is 2.37. The third-order valence-electron chi connectivity index (χ3n) is 5.48. The molecule has 0 bridgehead atoms. The maximum Gasteiger partial charge on any atom is 0.256 e. The molecule has 2 amide bonds. The fraction of sp³-hybridized carbons (Fsp3) is 0.500. The number of amides is 2. The summed E-state index contributed by atoms with van der Waals surface area (Å²) in [6, 6.07) is 5.12. The Labute approximate surface area is 161 Å². The lowest BCUT2D eigenvalue weighted by atomic mass is 9.81. The second-order valence-corrected chi connectivity index (χ2v) is 7.75. The van der Waals surface area contributed by atoms with Gasteiger partial charge in [0.05, 0.1) is 12.2 Å². The number of benzene rings is 1. The average molecular weight is 394 g/mol. The van der Waals surface area contributed by atoms with Gasteiger partial charge in [-0.25, -0.2) is 8.78 Å². The van der Waals surface area contributed by atoms with E-state index in [2.05, 4.69) is 5.32 Å². The lowest BCUT2D eigenvalue weighted by Gasteiger charge is -2.29. The number of aliphatic hydroxyl groups is 1. The molecule has 1 aromatic carbocycles. The van der Waals surface area contributed by atoms with Gasteiger partial charge in [-0.1, -0.05) is 6.07 Å². The molecular formula is C20H24F2N2O4. The van der Waals surface area contributed by atoms with Crippen molar-refractivity contribution in [1.29, 1.82) is 0 Å². The quantitative estimate of drug-likeness (QED) is 0.725. The molecule has 0 saturated heterocycles. The monoisotopic (exact) mass is 394 g/mol. The maximum atomic E-state index is 13.8. The lowest BCUT2D eigenvalue weighted by molar-refractivity contribution is -0.124. The van der Waals surface area contributed by atoms with Gasteiger partial charge < -0.3 is 20.6 Å². The highest BCUT2D eigenvalue weighted by Crippen LogP contribution is 2.42. The third-order valence-corrected chi connectivity index (χ3v) is 5.48. The zero-order valence-corrected chi connectivity index (χ0v) is 15.9. The minimum Gasteiger partial charge on any atom is -0.461 e. The van der Waals surface area contributed by atoms with E-state index in [-0.39, 0.29) is 24.3 Å². The van der Waals surface area contributed by atoms with Gasteiger partial charge in [-0.3, -0.25) is 9.59 Å². The number of hydrogen-bond acceptors (Lipinski definition) is 4. The number of carbonyl (C=O) groups excluding carboxylic acids is 2. The maximum absolute atomic E-state index is 13.8. The van der Waals surface area contributed by atoms with Crippen LogP contribution in [-0.2, 0) is 4.79 Å². The molecule has 2 atom stereocenters. The van der Waals surface area contributed by atoms with E-state index in [0.29, 0.717) is 29.6 Å². The number of aryl methyl sites for hydroxylation is 1. The number of halogens is 2. The number of hydrogen-bond donors (Lipinski definition) is 3. The lowest BCUT2D eigenvalue weighted by Crippen LogP contribution is -2.57. The molecule has 1 heterocycles. The van der Waals surface area contributed by atoms with Crippen LogP contribution in [-0.4, -0.2) is 35.0 Å². The molecule has 4 N–H and O–H groups in total. The molecule has 6 nitrogen and oxygen atoms in total. The summed E-state index contributed by atoms with van der Waals surface area (Å²) in [4.78, 5) is 24.4. The van der Waals surface area contributed by atoms with Crippen molar-refractivity contribution in [3.8, 4) is 0 Å². The molecule has 152 valence electrons. The number of rotatable bonds is 5. The molecular weight excluding hydrogens is 370 g/mol. The van der Waals surface area contributed by atoms with Crippen molar-refractivity contribution >= 4 is 22.8 Å². The molecule has 0 radical (unpaired) electrons. The second-order valence-electron chi connectivity index (χ2n) is 7.75. The van der Waals surface area contributed by atoms with Crippen molar-refractivity contribution in [3.05, 3.63) is 35.1 Å². The highest BCUT2D eigenvalue weighted by molar-refractivity contribution is 6.09. The summed E-state index contributed by atoms with van der Waals surface area (Å²) in [5.41, 5.74) is 5.01. The van der Waals surface area contributed by atoms with Gasteiger partial charge in [-0.15, -0.1) is 0 Å². The Morgan fingerprint density at radius 3 is 2.75 bits per heavy atom. The summed E-state index contributed by atoms with van der Waals surface area (Å²) in [5.74, 6) is -4.16. The molecule has 2 aromatic rings. The molecule has 1 fully saturated rings. The van der Waals surface area contributed by atoms with Crippen LogP contribution in [0.2, 0.25) is 0 Å². The van der Waals surface area contributed by atoms with Crippen LogP contribution in [0.1, 0.15) is 60.2 Å². The number of alkyl halides is 2. The van der Waals surface area contributed by atoms with Crippen LogP contribution in [0.3, 0.4) is 0 Å². The van der Waals surface area contributed by atoms with E-state index in [0.717, 1.165) is 5.56 Å². The topological polar surface area (TPSA) is 106 Å². The first-order valence-electron chi connectivity index (χ1n) is 9.20. The van der Waals surface area contributed by atoms with E-state index in [9.17, 15) is 23.5 Å². The van der Waals surface area contributed by atoms with Gasteiger partial charge in [0.1, 0.15) is 16.9 Å². The minimum atomic E-state index is -2.69. The zero-order valence-electron chi connectivity index (χ0n) is 15.9. The van der Waals surface area contributed by atoms with Gasteiger partial charge in [-0.05, 0) is 50.3 Å². The van der Waals surface area contributed by atoms with Crippen molar-refractivity contribution < 1.29 is 27.9 Å². The number of aliphatic hydroxyl groups excluding tert-OH is 1. The van der Waals surface area contributed by atoms with E-state index in [1.807, 2.05) is 0 Å². The van der Waals surface area contributed by atoms with Crippen LogP contribution in [0.5, 0.6) is 0 Å². The van der Waals surface area contributed by atoms with Crippen LogP contribution in [0.15, 0.2) is 22.6 Å². The summed E-state index contributed by atoms with van der Waals surface area (Å²) >= 11 is 0. The standard InChI is InChI=1S/C20H24F2N2O4/c1-11-16(17(26)24-19(2,10-25)18(23)27)14-8-12(5-6-15(14)28-11)13-4-3-7-20(21,22)9-13/h5-6,8,13,25H,3-4,7,9-10H2,1-2H3,(H2,23,27)(H,24,26). The summed E-state index contributed by atoms with van der Waals surface area (Å²) in [6.07, 6.45) is 0.781. The Morgan fingerprint density at radius 1 is 1.43 bits per heavy atom. The van der Waals surface area contributed by atoms with Gasteiger partial charge in [0.15, 0.2) is 0 Å². The van der Waals surface area contributed by atoms with E-state index in [1.54, 1.807) is 25.1 Å². The highest BCUT2D eigenvalue weighted by atomic mass is 19.3. The number of nitrogens with two attached hydrogens (primary N) is 1. The van der Waals surface area contributed by atoms with Gasteiger partial charge in [-0.2, -0.15) is 0 Å². The van der Waals surface area contributed by atoms with Crippen molar-refractivity contribution in [1.82, 2.24) is 5.32 Å². The van der Waals surface area contributed by atoms with Crippen molar-refractivity contribution in [2.45, 2.75) is 56.9 Å².